The van der Waals surface area contributed by atoms with Crippen LogP contribution in [-0.4, -0.2) is 11.2 Å². The van der Waals surface area contributed by atoms with Gasteiger partial charge in [-0.25, -0.2) is 0 Å². The third-order valence-electron chi connectivity index (χ3n) is 4.41. The fourth-order valence-electron chi connectivity index (χ4n) is 3.23. The van der Waals surface area contributed by atoms with Crippen molar-refractivity contribution >= 4 is 0 Å². The van der Waals surface area contributed by atoms with Crippen molar-refractivity contribution in [2.75, 3.05) is 0 Å². The van der Waals surface area contributed by atoms with Gasteiger partial charge in [0.15, 0.2) is 0 Å². The molecular formula is C16H32O. The predicted octanol–water partition coefficient (Wildman–Crippen LogP) is 4.78. The van der Waals surface area contributed by atoms with E-state index < -0.39 is 0 Å². The van der Waals surface area contributed by atoms with Crippen molar-refractivity contribution < 1.29 is 5.11 Å². The first kappa shape index (κ1) is 15.0. The smallest absolute Gasteiger partial charge is 0.0596 e. The molecule has 0 radical (unpaired) electrons. The van der Waals surface area contributed by atoms with Crippen LogP contribution in [0.5, 0.6) is 0 Å². The minimum absolute atomic E-state index is 0.0130. The van der Waals surface area contributed by atoms with Crippen molar-refractivity contribution in [3.05, 3.63) is 0 Å². The van der Waals surface area contributed by atoms with Crippen LogP contribution in [-0.2, 0) is 0 Å². The van der Waals surface area contributed by atoms with Crippen LogP contribution in [0.4, 0.5) is 0 Å². The molecule has 1 fully saturated rings. The largest absolute Gasteiger partial charge is 0.393 e. The molecule has 0 aromatic rings. The molecule has 1 N–H and O–H groups in total. The van der Waals surface area contributed by atoms with Crippen LogP contribution in [0.3, 0.4) is 0 Å². The van der Waals surface area contributed by atoms with E-state index in [-0.39, 0.29) is 6.10 Å². The molecule has 0 heterocycles. The Morgan fingerprint density at radius 3 is 2.12 bits per heavy atom. The van der Waals surface area contributed by atoms with E-state index in [0.29, 0.717) is 11.8 Å². The Morgan fingerprint density at radius 2 is 1.59 bits per heavy atom. The van der Waals surface area contributed by atoms with Crippen LogP contribution >= 0.6 is 0 Å². The summed E-state index contributed by atoms with van der Waals surface area (Å²) in [5.74, 6) is 2.04. The molecule has 0 bridgehead atoms. The van der Waals surface area contributed by atoms with Crippen LogP contribution in [0.1, 0.15) is 78.6 Å². The van der Waals surface area contributed by atoms with Crippen molar-refractivity contribution in [3.8, 4) is 0 Å². The molecule has 1 aliphatic rings. The minimum Gasteiger partial charge on any atom is -0.393 e. The van der Waals surface area contributed by atoms with Gasteiger partial charge in [-0.2, -0.15) is 0 Å². The van der Waals surface area contributed by atoms with Gasteiger partial charge in [-0.05, 0) is 43.4 Å². The molecule has 1 aliphatic carbocycles. The third-order valence-corrected chi connectivity index (χ3v) is 4.41. The van der Waals surface area contributed by atoms with Gasteiger partial charge in [0.1, 0.15) is 0 Å². The second-order valence-corrected chi connectivity index (χ2v) is 6.41. The van der Waals surface area contributed by atoms with Gasteiger partial charge < -0.3 is 5.11 Å². The lowest BCUT2D eigenvalue weighted by molar-refractivity contribution is 0.0811. The molecule has 0 aromatic carbocycles. The van der Waals surface area contributed by atoms with Gasteiger partial charge in [-0.3, -0.25) is 0 Å². The maximum absolute atomic E-state index is 10.3. The standard InChI is InChI=1S/C16H32O/c1-4-5-6-9-14-11-12-15(16(14)17)10-7-8-13(2)3/h13-17H,4-12H2,1-3H3. The van der Waals surface area contributed by atoms with Crippen LogP contribution in [0.2, 0.25) is 0 Å². The van der Waals surface area contributed by atoms with E-state index in [1.54, 1.807) is 0 Å². The topological polar surface area (TPSA) is 20.2 Å². The number of aliphatic hydroxyl groups excluding tert-OH is 1. The lowest BCUT2D eigenvalue weighted by Gasteiger charge is -2.20. The predicted molar refractivity (Wildman–Crippen MR) is 75.1 cm³/mol. The Kier molecular flexibility index (Phi) is 7.18. The summed E-state index contributed by atoms with van der Waals surface area (Å²) >= 11 is 0. The van der Waals surface area contributed by atoms with Crippen molar-refractivity contribution in [3.63, 3.8) is 0 Å². The first-order valence-electron chi connectivity index (χ1n) is 7.83. The maximum Gasteiger partial charge on any atom is 0.0596 e. The average molecular weight is 240 g/mol. The highest BCUT2D eigenvalue weighted by molar-refractivity contribution is 4.84. The van der Waals surface area contributed by atoms with E-state index in [0.717, 1.165) is 5.92 Å². The molecule has 17 heavy (non-hydrogen) atoms. The fraction of sp³-hybridized carbons (Fsp3) is 1.00. The molecule has 102 valence electrons. The van der Waals surface area contributed by atoms with Crippen LogP contribution in [0.15, 0.2) is 0 Å². The highest BCUT2D eigenvalue weighted by Crippen LogP contribution is 2.37. The number of hydrogen-bond donors (Lipinski definition) is 1. The van der Waals surface area contributed by atoms with Gasteiger partial charge in [0, 0.05) is 0 Å². The molecule has 0 saturated heterocycles. The monoisotopic (exact) mass is 240 g/mol. The summed E-state index contributed by atoms with van der Waals surface area (Å²) in [6.45, 7) is 6.83. The van der Waals surface area contributed by atoms with E-state index in [9.17, 15) is 5.11 Å². The summed E-state index contributed by atoms with van der Waals surface area (Å²) in [7, 11) is 0. The summed E-state index contributed by atoms with van der Waals surface area (Å²) in [5, 5.41) is 10.3. The number of hydrogen-bond acceptors (Lipinski definition) is 1. The zero-order valence-corrected chi connectivity index (χ0v) is 12.1. The lowest BCUT2D eigenvalue weighted by Crippen LogP contribution is -2.21. The van der Waals surface area contributed by atoms with E-state index >= 15 is 0 Å². The Balaban J connectivity index is 2.17. The van der Waals surface area contributed by atoms with Gasteiger partial charge in [-0.1, -0.05) is 52.9 Å². The van der Waals surface area contributed by atoms with E-state index in [4.69, 9.17) is 0 Å². The van der Waals surface area contributed by atoms with Gasteiger partial charge in [0.25, 0.3) is 0 Å². The van der Waals surface area contributed by atoms with E-state index in [2.05, 4.69) is 20.8 Å². The summed E-state index contributed by atoms with van der Waals surface area (Å²) in [5.41, 5.74) is 0. The molecule has 0 amide bonds. The number of rotatable bonds is 8. The molecule has 1 heteroatoms. The van der Waals surface area contributed by atoms with Crippen molar-refractivity contribution in [1.82, 2.24) is 0 Å². The highest BCUT2D eigenvalue weighted by atomic mass is 16.3. The molecule has 3 unspecified atom stereocenters. The first-order valence-corrected chi connectivity index (χ1v) is 7.83. The van der Waals surface area contributed by atoms with Gasteiger partial charge in [0.05, 0.1) is 6.10 Å². The third kappa shape index (κ3) is 5.42. The molecule has 1 rings (SSSR count). The molecule has 3 atom stereocenters. The average Bonchev–Trinajstić information content (AvgIpc) is 2.61. The second kappa shape index (κ2) is 8.13. The van der Waals surface area contributed by atoms with E-state index in [1.807, 2.05) is 0 Å². The zero-order valence-electron chi connectivity index (χ0n) is 12.1. The minimum atomic E-state index is 0.0130. The number of unbranched alkanes of at least 4 members (excludes halogenated alkanes) is 2. The Labute approximate surface area is 108 Å². The maximum atomic E-state index is 10.3. The van der Waals surface area contributed by atoms with E-state index in [1.165, 1.54) is 57.8 Å². The normalized spacial score (nSPS) is 29.1. The molecule has 0 spiro atoms. The van der Waals surface area contributed by atoms with Gasteiger partial charge in [-0.15, -0.1) is 0 Å². The number of aliphatic hydroxyl groups is 1. The fourth-order valence-corrected chi connectivity index (χ4v) is 3.23. The van der Waals surface area contributed by atoms with Crippen molar-refractivity contribution in [2.24, 2.45) is 17.8 Å². The Morgan fingerprint density at radius 1 is 1.00 bits per heavy atom. The Hall–Kier alpha value is -0.0400. The summed E-state index contributed by atoms with van der Waals surface area (Å²) < 4.78 is 0. The molecule has 0 aliphatic heterocycles. The van der Waals surface area contributed by atoms with Crippen LogP contribution in [0, 0.1) is 17.8 Å². The van der Waals surface area contributed by atoms with Crippen molar-refractivity contribution in [1.29, 1.82) is 0 Å². The van der Waals surface area contributed by atoms with Crippen molar-refractivity contribution in [2.45, 2.75) is 84.7 Å². The van der Waals surface area contributed by atoms with Gasteiger partial charge >= 0.3 is 0 Å². The zero-order chi connectivity index (χ0) is 12.7. The van der Waals surface area contributed by atoms with Crippen LogP contribution in [0.25, 0.3) is 0 Å². The lowest BCUT2D eigenvalue weighted by atomic mass is 9.91. The quantitative estimate of drug-likeness (QED) is 0.605. The Bertz CT molecular complexity index is 188. The highest BCUT2D eigenvalue weighted by Gasteiger charge is 2.33. The SMILES string of the molecule is CCCCCC1CCC(CCCC(C)C)C1O. The molecule has 1 saturated carbocycles. The summed E-state index contributed by atoms with van der Waals surface area (Å²) in [4.78, 5) is 0. The first-order chi connectivity index (χ1) is 8.15. The molecule has 1 nitrogen and oxygen atoms in total. The second-order valence-electron chi connectivity index (χ2n) is 6.41. The summed E-state index contributed by atoms with van der Waals surface area (Å²) in [6.07, 6.45) is 11.6. The summed E-state index contributed by atoms with van der Waals surface area (Å²) in [6, 6.07) is 0. The molecular weight excluding hydrogens is 208 g/mol. The van der Waals surface area contributed by atoms with Crippen LogP contribution < -0.4 is 0 Å². The molecule has 0 aromatic heterocycles. The van der Waals surface area contributed by atoms with Gasteiger partial charge in [0.2, 0.25) is 0 Å².